The van der Waals surface area contributed by atoms with Crippen molar-refractivity contribution in [3.8, 4) is 5.69 Å². The van der Waals surface area contributed by atoms with E-state index in [9.17, 15) is 19.2 Å². The Kier molecular flexibility index (Phi) is 5.33. The van der Waals surface area contributed by atoms with Crippen LogP contribution in [0.25, 0.3) is 5.69 Å². The monoisotopic (exact) mass is 345 g/mol. The van der Waals surface area contributed by atoms with Crippen LogP contribution in [0.15, 0.2) is 41.3 Å². The molecule has 0 bridgehead atoms. The molecule has 2 rings (SSSR count). The quantitative estimate of drug-likeness (QED) is 0.606. The van der Waals surface area contributed by atoms with Crippen LogP contribution < -0.4 is 5.43 Å². The highest BCUT2D eigenvalue weighted by atomic mass is 16.5. The van der Waals surface area contributed by atoms with Gasteiger partial charge in [0.1, 0.15) is 11.1 Å². The zero-order valence-electron chi connectivity index (χ0n) is 13.8. The first-order valence-electron chi connectivity index (χ1n) is 7.06. The van der Waals surface area contributed by atoms with Gasteiger partial charge in [-0.25, -0.2) is 14.4 Å². The van der Waals surface area contributed by atoms with Gasteiger partial charge in [0, 0.05) is 11.9 Å². The Bertz CT molecular complexity index is 884. The van der Waals surface area contributed by atoms with Gasteiger partial charge < -0.3 is 18.8 Å². The van der Waals surface area contributed by atoms with Gasteiger partial charge in [0.25, 0.3) is 0 Å². The number of hydrogen-bond donors (Lipinski definition) is 0. The summed E-state index contributed by atoms with van der Waals surface area (Å²) in [4.78, 5) is 48.9. The number of benzene rings is 1. The summed E-state index contributed by atoms with van der Waals surface area (Å²) in [5.41, 5.74) is -1.93. The minimum Gasteiger partial charge on any atom is -0.465 e. The highest BCUT2D eigenvalue weighted by molar-refractivity contribution is 6.04. The fourth-order valence-corrected chi connectivity index (χ4v) is 2.25. The fourth-order valence-electron chi connectivity index (χ4n) is 2.25. The first-order chi connectivity index (χ1) is 12.0. The number of nitrogens with zero attached hydrogens (tertiary/aromatic N) is 1. The molecular weight excluding hydrogens is 330 g/mol. The van der Waals surface area contributed by atoms with E-state index >= 15 is 0 Å². The Labute approximate surface area is 142 Å². The van der Waals surface area contributed by atoms with Gasteiger partial charge in [-0.2, -0.15) is 0 Å². The molecule has 8 heteroatoms. The SMILES string of the molecule is COC(=O)c1cn(-c2ccccc2)c(C(=O)OC)c(C(=O)OC)c1=O. The van der Waals surface area contributed by atoms with Crippen molar-refractivity contribution in [2.24, 2.45) is 0 Å². The number of hydrogen-bond acceptors (Lipinski definition) is 7. The van der Waals surface area contributed by atoms with Crippen LogP contribution in [0.3, 0.4) is 0 Å². The summed E-state index contributed by atoms with van der Waals surface area (Å²) in [7, 11) is 3.26. The van der Waals surface area contributed by atoms with Crippen LogP contribution in [0.2, 0.25) is 0 Å². The van der Waals surface area contributed by atoms with E-state index in [1.807, 2.05) is 0 Å². The molecule has 0 fully saturated rings. The molecule has 0 aliphatic rings. The van der Waals surface area contributed by atoms with E-state index in [4.69, 9.17) is 4.74 Å². The van der Waals surface area contributed by atoms with Crippen LogP contribution >= 0.6 is 0 Å². The minimum atomic E-state index is -1.07. The molecule has 130 valence electrons. The number of pyridine rings is 1. The topological polar surface area (TPSA) is 101 Å². The van der Waals surface area contributed by atoms with E-state index in [0.717, 1.165) is 27.5 Å². The molecule has 25 heavy (non-hydrogen) atoms. The average Bonchev–Trinajstić information content (AvgIpc) is 2.66. The highest BCUT2D eigenvalue weighted by Crippen LogP contribution is 2.17. The predicted molar refractivity (Wildman–Crippen MR) is 86.1 cm³/mol. The second-order valence-electron chi connectivity index (χ2n) is 4.78. The number of rotatable bonds is 4. The number of carbonyl (C=O) groups excluding carboxylic acids is 3. The number of methoxy groups -OCH3 is 3. The first-order valence-corrected chi connectivity index (χ1v) is 7.06. The van der Waals surface area contributed by atoms with Crippen molar-refractivity contribution < 1.29 is 28.6 Å². The molecule has 0 spiro atoms. The Morgan fingerprint density at radius 3 is 1.92 bits per heavy atom. The lowest BCUT2D eigenvalue weighted by molar-refractivity contribution is 0.0541. The maximum Gasteiger partial charge on any atom is 0.356 e. The maximum absolute atomic E-state index is 12.6. The second kappa shape index (κ2) is 7.43. The van der Waals surface area contributed by atoms with E-state index < -0.39 is 34.5 Å². The summed E-state index contributed by atoms with van der Waals surface area (Å²) in [5.74, 6) is -2.95. The molecule has 0 radical (unpaired) electrons. The number of ether oxygens (including phenoxy) is 3. The summed E-state index contributed by atoms with van der Waals surface area (Å²) in [6.07, 6.45) is 1.13. The second-order valence-corrected chi connectivity index (χ2v) is 4.78. The van der Waals surface area contributed by atoms with E-state index in [2.05, 4.69) is 9.47 Å². The Morgan fingerprint density at radius 2 is 1.40 bits per heavy atom. The smallest absolute Gasteiger partial charge is 0.356 e. The number of para-hydroxylation sites is 1. The molecule has 0 atom stereocenters. The summed E-state index contributed by atoms with van der Waals surface area (Å²) in [5, 5.41) is 0. The van der Waals surface area contributed by atoms with Gasteiger partial charge in [-0.3, -0.25) is 4.79 Å². The third kappa shape index (κ3) is 3.27. The molecule has 0 saturated heterocycles. The van der Waals surface area contributed by atoms with Gasteiger partial charge in [-0.15, -0.1) is 0 Å². The van der Waals surface area contributed by atoms with Gasteiger partial charge >= 0.3 is 17.9 Å². The molecule has 1 heterocycles. The first kappa shape index (κ1) is 17.9. The minimum absolute atomic E-state index is 0.349. The van der Waals surface area contributed by atoms with Crippen molar-refractivity contribution in [2.75, 3.05) is 21.3 Å². The van der Waals surface area contributed by atoms with Crippen molar-refractivity contribution in [1.29, 1.82) is 0 Å². The third-order valence-corrected chi connectivity index (χ3v) is 3.42. The van der Waals surface area contributed by atoms with Crippen molar-refractivity contribution in [2.45, 2.75) is 0 Å². The van der Waals surface area contributed by atoms with Gasteiger partial charge in [0.05, 0.1) is 21.3 Å². The van der Waals surface area contributed by atoms with Crippen LogP contribution in [0, 0.1) is 0 Å². The van der Waals surface area contributed by atoms with E-state index in [-0.39, 0.29) is 5.69 Å². The largest absolute Gasteiger partial charge is 0.465 e. The zero-order valence-corrected chi connectivity index (χ0v) is 13.8. The van der Waals surface area contributed by atoms with Gasteiger partial charge in [-0.1, -0.05) is 18.2 Å². The van der Waals surface area contributed by atoms with Crippen molar-refractivity contribution in [1.82, 2.24) is 4.57 Å². The molecule has 0 amide bonds. The van der Waals surface area contributed by atoms with Gasteiger partial charge in [-0.05, 0) is 12.1 Å². The lowest BCUT2D eigenvalue weighted by atomic mass is 10.1. The Morgan fingerprint density at radius 1 is 0.840 bits per heavy atom. The molecule has 0 saturated carbocycles. The summed E-state index contributed by atoms with van der Waals surface area (Å²) >= 11 is 0. The van der Waals surface area contributed by atoms with E-state index in [1.54, 1.807) is 30.3 Å². The third-order valence-electron chi connectivity index (χ3n) is 3.42. The molecule has 0 unspecified atom stereocenters. The van der Waals surface area contributed by atoms with Crippen LogP contribution in [-0.2, 0) is 14.2 Å². The summed E-state index contributed by atoms with van der Waals surface area (Å²) in [6, 6.07) is 8.36. The van der Waals surface area contributed by atoms with Gasteiger partial charge in [0.2, 0.25) is 5.43 Å². The number of esters is 3. The molecule has 8 nitrogen and oxygen atoms in total. The summed E-state index contributed by atoms with van der Waals surface area (Å²) < 4.78 is 15.1. The normalized spacial score (nSPS) is 10.0. The van der Waals surface area contributed by atoms with Crippen molar-refractivity contribution in [3.05, 3.63) is 63.6 Å². The van der Waals surface area contributed by atoms with E-state index in [1.165, 1.54) is 4.57 Å². The molecule has 2 aromatic rings. The van der Waals surface area contributed by atoms with Crippen LogP contribution in [-0.4, -0.2) is 43.8 Å². The Balaban J connectivity index is 2.98. The summed E-state index contributed by atoms with van der Waals surface area (Å²) in [6.45, 7) is 0. The molecule has 1 aromatic carbocycles. The zero-order chi connectivity index (χ0) is 18.6. The lowest BCUT2D eigenvalue weighted by Crippen LogP contribution is -2.31. The molecule has 1 aromatic heterocycles. The van der Waals surface area contributed by atoms with E-state index in [0.29, 0.717) is 5.69 Å². The molecular formula is C17H15NO7. The van der Waals surface area contributed by atoms with Crippen molar-refractivity contribution in [3.63, 3.8) is 0 Å². The number of aromatic nitrogens is 1. The standard InChI is InChI=1S/C17H15NO7/c1-23-15(20)11-9-18(10-7-5-4-6-8-10)13(17(22)25-3)12(14(11)19)16(21)24-2/h4-9H,1-3H3. The van der Waals surface area contributed by atoms with Crippen LogP contribution in [0.1, 0.15) is 31.2 Å². The fraction of sp³-hybridized carbons (Fsp3) is 0.176. The van der Waals surface area contributed by atoms with Crippen LogP contribution in [0.4, 0.5) is 0 Å². The highest BCUT2D eigenvalue weighted by Gasteiger charge is 2.30. The van der Waals surface area contributed by atoms with Gasteiger partial charge in [0.15, 0.2) is 5.69 Å². The number of carbonyl (C=O) groups is 3. The predicted octanol–water partition coefficient (Wildman–Crippen LogP) is 1.20. The van der Waals surface area contributed by atoms with Crippen molar-refractivity contribution >= 4 is 17.9 Å². The molecule has 0 N–H and O–H groups in total. The lowest BCUT2D eigenvalue weighted by Gasteiger charge is -2.16. The Hall–Kier alpha value is -3.42. The maximum atomic E-state index is 12.6. The molecule has 0 aliphatic heterocycles. The average molecular weight is 345 g/mol. The molecule has 0 aliphatic carbocycles. The van der Waals surface area contributed by atoms with Crippen LogP contribution in [0.5, 0.6) is 0 Å².